The van der Waals surface area contributed by atoms with Gasteiger partial charge in [0.25, 0.3) is 0 Å². The van der Waals surface area contributed by atoms with Crippen LogP contribution in [0.3, 0.4) is 0 Å². The van der Waals surface area contributed by atoms with Crippen molar-refractivity contribution in [3.63, 3.8) is 0 Å². The van der Waals surface area contributed by atoms with E-state index in [2.05, 4.69) is 10.2 Å². The minimum atomic E-state index is -0.400. The molecule has 0 radical (unpaired) electrons. The van der Waals surface area contributed by atoms with E-state index in [1.165, 1.54) is 36.0 Å². The summed E-state index contributed by atoms with van der Waals surface area (Å²) in [5, 5.41) is 8.23. The van der Waals surface area contributed by atoms with Crippen molar-refractivity contribution in [3.8, 4) is 11.4 Å². The van der Waals surface area contributed by atoms with Gasteiger partial charge in [-0.3, -0.25) is 9.36 Å². The second kappa shape index (κ2) is 7.48. The molecule has 7 heteroatoms. The monoisotopic (exact) mass is 357 g/mol. The van der Waals surface area contributed by atoms with E-state index in [1.54, 1.807) is 24.9 Å². The Bertz CT molecular complexity index is 880. The van der Waals surface area contributed by atoms with Gasteiger partial charge in [-0.25, -0.2) is 4.39 Å². The Morgan fingerprint density at radius 3 is 2.64 bits per heavy atom. The maximum absolute atomic E-state index is 13.0. The van der Waals surface area contributed by atoms with E-state index < -0.39 is 5.25 Å². The Hall–Kier alpha value is -2.67. The molecule has 25 heavy (non-hydrogen) atoms. The highest BCUT2D eigenvalue weighted by Crippen LogP contribution is 2.29. The summed E-state index contributed by atoms with van der Waals surface area (Å²) in [6, 6.07) is 13.0. The number of aromatic nitrogens is 3. The highest BCUT2D eigenvalue weighted by molar-refractivity contribution is 8.00. The third-order valence-corrected chi connectivity index (χ3v) is 4.70. The van der Waals surface area contributed by atoms with Gasteiger partial charge in [-0.15, -0.1) is 10.2 Å². The Kier molecular flexibility index (Phi) is 5.14. The molecule has 3 aromatic rings. The number of ether oxygens (including phenoxy) is 1. The molecule has 0 saturated carbocycles. The number of rotatable bonds is 6. The first kappa shape index (κ1) is 17.2. The van der Waals surface area contributed by atoms with Crippen molar-refractivity contribution in [1.82, 2.24) is 14.8 Å². The summed E-state index contributed by atoms with van der Waals surface area (Å²) in [5.41, 5.74) is 1.25. The lowest BCUT2D eigenvalue weighted by molar-refractivity contribution is 0.0994. The highest BCUT2D eigenvalue weighted by Gasteiger charge is 2.20. The quantitative estimate of drug-likeness (QED) is 0.496. The fraction of sp³-hybridized carbons (Fsp3) is 0.167. The molecule has 0 bridgehead atoms. The summed E-state index contributed by atoms with van der Waals surface area (Å²) in [5.74, 6) is 0.217. The zero-order chi connectivity index (χ0) is 17.8. The van der Waals surface area contributed by atoms with Crippen molar-refractivity contribution in [3.05, 3.63) is 66.2 Å². The van der Waals surface area contributed by atoms with Crippen LogP contribution in [0, 0.1) is 5.82 Å². The molecule has 0 spiro atoms. The minimum absolute atomic E-state index is 0.0976. The van der Waals surface area contributed by atoms with Crippen LogP contribution >= 0.6 is 11.8 Å². The van der Waals surface area contributed by atoms with Gasteiger partial charge in [0.1, 0.15) is 17.9 Å². The van der Waals surface area contributed by atoms with Gasteiger partial charge < -0.3 is 4.74 Å². The first-order valence-corrected chi connectivity index (χ1v) is 8.48. The Morgan fingerprint density at radius 1 is 1.20 bits per heavy atom. The van der Waals surface area contributed by atoms with E-state index in [0.29, 0.717) is 16.5 Å². The Morgan fingerprint density at radius 2 is 1.92 bits per heavy atom. The molecular weight excluding hydrogens is 341 g/mol. The molecule has 0 N–H and O–H groups in total. The van der Waals surface area contributed by atoms with E-state index in [9.17, 15) is 9.18 Å². The van der Waals surface area contributed by atoms with E-state index in [1.807, 2.05) is 24.3 Å². The zero-order valence-corrected chi connectivity index (χ0v) is 14.5. The standard InChI is InChI=1S/C18H16FN3O2S/c1-12(17(23)13-7-9-14(19)10-8-13)25-18-21-20-11-22(18)15-5-3-4-6-16(15)24-2/h3-12H,1-2H3/t12-/m0/s1. The number of carbonyl (C=O) groups is 1. The number of para-hydroxylation sites is 2. The summed E-state index contributed by atoms with van der Waals surface area (Å²) < 4.78 is 20.2. The SMILES string of the molecule is COc1ccccc1-n1cnnc1S[C@@H](C)C(=O)c1ccc(F)cc1. The Balaban J connectivity index is 1.83. The third-order valence-electron chi connectivity index (χ3n) is 3.64. The second-order valence-electron chi connectivity index (χ2n) is 5.29. The van der Waals surface area contributed by atoms with Crippen molar-refractivity contribution >= 4 is 17.5 Å². The van der Waals surface area contributed by atoms with Crippen LogP contribution in [-0.4, -0.2) is 32.9 Å². The lowest BCUT2D eigenvalue weighted by atomic mass is 10.1. The molecule has 0 aliphatic rings. The Labute approximate surface area is 148 Å². The van der Waals surface area contributed by atoms with Gasteiger partial charge in [-0.2, -0.15) is 0 Å². The zero-order valence-electron chi connectivity index (χ0n) is 13.7. The van der Waals surface area contributed by atoms with Gasteiger partial charge in [-0.1, -0.05) is 23.9 Å². The average molecular weight is 357 g/mol. The summed E-state index contributed by atoms with van der Waals surface area (Å²) in [4.78, 5) is 12.5. The molecule has 1 atom stereocenters. The predicted octanol–water partition coefficient (Wildman–Crippen LogP) is 3.78. The topological polar surface area (TPSA) is 57.0 Å². The van der Waals surface area contributed by atoms with Gasteiger partial charge in [-0.05, 0) is 43.3 Å². The molecule has 3 rings (SSSR count). The van der Waals surface area contributed by atoms with E-state index in [4.69, 9.17) is 4.74 Å². The van der Waals surface area contributed by atoms with Crippen LogP contribution in [0.25, 0.3) is 5.69 Å². The van der Waals surface area contributed by atoms with Crippen molar-refractivity contribution in [2.75, 3.05) is 7.11 Å². The molecule has 5 nitrogen and oxygen atoms in total. The number of hydrogen-bond acceptors (Lipinski definition) is 5. The van der Waals surface area contributed by atoms with Crippen molar-refractivity contribution in [2.24, 2.45) is 0 Å². The van der Waals surface area contributed by atoms with Crippen LogP contribution in [-0.2, 0) is 0 Å². The smallest absolute Gasteiger partial charge is 0.196 e. The number of thioether (sulfide) groups is 1. The molecule has 0 aliphatic carbocycles. The molecule has 128 valence electrons. The van der Waals surface area contributed by atoms with Crippen molar-refractivity contribution in [1.29, 1.82) is 0 Å². The first-order valence-electron chi connectivity index (χ1n) is 7.60. The third kappa shape index (κ3) is 3.71. The molecule has 2 aromatic carbocycles. The molecule has 0 unspecified atom stereocenters. The van der Waals surface area contributed by atoms with Crippen LogP contribution in [0.1, 0.15) is 17.3 Å². The van der Waals surface area contributed by atoms with Gasteiger partial charge >= 0.3 is 0 Å². The van der Waals surface area contributed by atoms with Gasteiger partial charge in [0.05, 0.1) is 18.0 Å². The summed E-state index contributed by atoms with van der Waals surface area (Å²) >= 11 is 1.29. The first-order chi connectivity index (χ1) is 12.1. The maximum Gasteiger partial charge on any atom is 0.196 e. The van der Waals surface area contributed by atoms with Gasteiger partial charge in [0.15, 0.2) is 10.9 Å². The summed E-state index contributed by atoms with van der Waals surface area (Å²) in [6.45, 7) is 1.79. The van der Waals surface area contributed by atoms with E-state index in [-0.39, 0.29) is 11.6 Å². The predicted molar refractivity (Wildman–Crippen MR) is 94.0 cm³/mol. The van der Waals surface area contributed by atoms with Gasteiger partial charge in [0, 0.05) is 5.56 Å². The largest absolute Gasteiger partial charge is 0.495 e. The van der Waals surface area contributed by atoms with Crippen LogP contribution in [0.4, 0.5) is 4.39 Å². The number of methoxy groups -OCH3 is 1. The molecule has 1 aromatic heterocycles. The number of Topliss-reactive ketones (excluding diaryl/α,β-unsaturated/α-hetero) is 1. The fourth-order valence-electron chi connectivity index (χ4n) is 2.36. The number of ketones is 1. The van der Waals surface area contributed by atoms with Crippen molar-refractivity contribution < 1.29 is 13.9 Å². The molecule has 0 amide bonds. The minimum Gasteiger partial charge on any atom is -0.495 e. The van der Waals surface area contributed by atoms with E-state index >= 15 is 0 Å². The number of halogens is 1. The number of nitrogens with zero attached hydrogens (tertiary/aromatic N) is 3. The summed E-state index contributed by atoms with van der Waals surface area (Å²) in [6.07, 6.45) is 1.58. The average Bonchev–Trinajstić information content (AvgIpc) is 3.09. The molecule has 0 fully saturated rings. The summed E-state index contributed by atoms with van der Waals surface area (Å²) in [7, 11) is 1.59. The normalized spacial score (nSPS) is 12.0. The number of hydrogen-bond donors (Lipinski definition) is 0. The van der Waals surface area contributed by atoms with Crippen LogP contribution in [0.2, 0.25) is 0 Å². The van der Waals surface area contributed by atoms with Crippen molar-refractivity contribution in [2.45, 2.75) is 17.3 Å². The molecule has 0 saturated heterocycles. The highest BCUT2D eigenvalue weighted by atomic mass is 32.2. The van der Waals surface area contributed by atoms with Crippen LogP contribution < -0.4 is 4.74 Å². The molecule has 1 heterocycles. The van der Waals surface area contributed by atoms with Crippen LogP contribution in [0.5, 0.6) is 5.75 Å². The molecule has 0 aliphatic heterocycles. The lowest BCUT2D eigenvalue weighted by Crippen LogP contribution is -2.14. The second-order valence-corrected chi connectivity index (χ2v) is 6.59. The lowest BCUT2D eigenvalue weighted by Gasteiger charge is -2.13. The molecular formula is C18H16FN3O2S. The fourth-order valence-corrected chi connectivity index (χ4v) is 3.27. The number of benzene rings is 2. The van der Waals surface area contributed by atoms with Crippen LogP contribution in [0.15, 0.2) is 60.0 Å². The van der Waals surface area contributed by atoms with E-state index in [0.717, 1.165) is 5.69 Å². The van der Waals surface area contributed by atoms with Gasteiger partial charge in [0.2, 0.25) is 0 Å². The maximum atomic E-state index is 13.0. The number of carbonyl (C=O) groups excluding carboxylic acids is 1.